The molecule has 1 aliphatic heterocycles. The average molecular weight is 471 g/mol. The minimum atomic E-state index is -0.632. The van der Waals surface area contributed by atoms with Gasteiger partial charge in [0.2, 0.25) is 5.88 Å². The van der Waals surface area contributed by atoms with Gasteiger partial charge in [-0.3, -0.25) is 4.90 Å². The van der Waals surface area contributed by atoms with Gasteiger partial charge in [-0.2, -0.15) is 0 Å². The standard InChI is InChI=1S/C25H34N4O5/c1-25(2,3)34-24(31)28-13-12-19-22(20(28)14-26)23(33-15-21(30)32-4)27-29(19)18-10-8-17(9-11-18)16-6-5-7-16/h8-11,16,20H,5-7,12-15,26H2,1-4H3. The number of nitrogens with zero attached hydrogens (tertiary/aromatic N) is 3. The van der Waals surface area contributed by atoms with E-state index in [9.17, 15) is 9.59 Å². The van der Waals surface area contributed by atoms with Gasteiger partial charge >= 0.3 is 12.1 Å². The van der Waals surface area contributed by atoms with E-state index in [0.29, 0.717) is 24.4 Å². The summed E-state index contributed by atoms with van der Waals surface area (Å²) in [5.41, 5.74) is 9.37. The van der Waals surface area contributed by atoms with Crippen molar-refractivity contribution in [2.24, 2.45) is 5.73 Å². The van der Waals surface area contributed by atoms with Gasteiger partial charge in [-0.05, 0) is 57.2 Å². The van der Waals surface area contributed by atoms with E-state index in [1.165, 1.54) is 31.9 Å². The summed E-state index contributed by atoms with van der Waals surface area (Å²) < 4.78 is 17.9. The number of ether oxygens (including phenoxy) is 3. The normalized spacial score (nSPS) is 18.1. The molecule has 0 radical (unpaired) electrons. The molecule has 1 saturated carbocycles. The lowest BCUT2D eigenvalue weighted by atomic mass is 9.80. The zero-order valence-electron chi connectivity index (χ0n) is 20.4. The molecule has 0 bridgehead atoms. The third-order valence-electron chi connectivity index (χ3n) is 6.41. The number of amides is 1. The van der Waals surface area contributed by atoms with Crippen LogP contribution in [0.4, 0.5) is 4.79 Å². The quantitative estimate of drug-likeness (QED) is 0.644. The van der Waals surface area contributed by atoms with E-state index in [-0.39, 0.29) is 19.0 Å². The van der Waals surface area contributed by atoms with Gasteiger partial charge in [0.25, 0.3) is 0 Å². The second kappa shape index (κ2) is 9.66. The van der Waals surface area contributed by atoms with Gasteiger partial charge < -0.3 is 19.9 Å². The molecule has 9 nitrogen and oxygen atoms in total. The number of aromatic nitrogens is 2. The molecule has 2 N–H and O–H groups in total. The molecule has 2 aromatic rings. The lowest BCUT2D eigenvalue weighted by Crippen LogP contribution is -2.45. The molecule has 1 atom stereocenters. The molecule has 184 valence electrons. The summed E-state index contributed by atoms with van der Waals surface area (Å²) in [6.45, 7) is 5.79. The Morgan fingerprint density at radius 1 is 1.18 bits per heavy atom. The Bertz CT molecular complexity index is 1040. The first kappa shape index (κ1) is 24.1. The molecule has 1 aromatic heterocycles. The SMILES string of the molecule is COC(=O)COc1nn(-c2ccc(C3CCC3)cc2)c2c1C(CN)N(C(=O)OC(C)(C)C)CC2. The zero-order valence-corrected chi connectivity index (χ0v) is 20.4. The largest absolute Gasteiger partial charge is 0.466 e. The fraction of sp³-hybridized carbons (Fsp3) is 0.560. The van der Waals surface area contributed by atoms with E-state index >= 15 is 0 Å². The molecule has 2 aliphatic rings. The molecule has 1 aliphatic carbocycles. The summed E-state index contributed by atoms with van der Waals surface area (Å²) in [7, 11) is 1.30. The van der Waals surface area contributed by atoms with E-state index in [0.717, 1.165) is 11.4 Å². The molecule has 2 heterocycles. The predicted octanol–water partition coefficient (Wildman–Crippen LogP) is 3.48. The van der Waals surface area contributed by atoms with Crippen LogP contribution in [0.3, 0.4) is 0 Å². The lowest BCUT2D eigenvalue weighted by molar-refractivity contribution is -0.143. The minimum absolute atomic E-state index is 0.160. The van der Waals surface area contributed by atoms with Crippen LogP contribution in [0.25, 0.3) is 5.69 Å². The number of esters is 1. The maximum Gasteiger partial charge on any atom is 0.410 e. The molecule has 34 heavy (non-hydrogen) atoms. The van der Waals surface area contributed by atoms with E-state index < -0.39 is 23.7 Å². The first-order chi connectivity index (χ1) is 16.2. The average Bonchev–Trinajstić information content (AvgIpc) is 3.13. The molecule has 1 fully saturated rings. The van der Waals surface area contributed by atoms with Crippen LogP contribution < -0.4 is 10.5 Å². The molecule has 0 saturated heterocycles. The highest BCUT2D eigenvalue weighted by atomic mass is 16.6. The number of fused-ring (bicyclic) bond motifs is 1. The van der Waals surface area contributed by atoms with Crippen molar-refractivity contribution in [1.29, 1.82) is 0 Å². The van der Waals surface area contributed by atoms with Gasteiger partial charge in [-0.15, -0.1) is 5.10 Å². The van der Waals surface area contributed by atoms with Crippen molar-refractivity contribution in [2.75, 3.05) is 26.8 Å². The molecule has 9 heteroatoms. The fourth-order valence-electron chi connectivity index (χ4n) is 4.48. The molecule has 1 aromatic carbocycles. The van der Waals surface area contributed by atoms with Gasteiger partial charge in [0.05, 0.1) is 30.1 Å². The van der Waals surface area contributed by atoms with Crippen molar-refractivity contribution >= 4 is 12.1 Å². The molecular weight excluding hydrogens is 436 g/mol. The van der Waals surface area contributed by atoms with Crippen LogP contribution in [0.5, 0.6) is 5.88 Å². The molecular formula is C25H34N4O5. The van der Waals surface area contributed by atoms with Crippen molar-refractivity contribution < 1.29 is 23.8 Å². The van der Waals surface area contributed by atoms with Gasteiger partial charge in [0, 0.05) is 19.5 Å². The summed E-state index contributed by atoms with van der Waals surface area (Å²) >= 11 is 0. The Kier molecular flexibility index (Phi) is 6.84. The van der Waals surface area contributed by atoms with Gasteiger partial charge in [-0.1, -0.05) is 18.6 Å². The molecule has 1 amide bonds. The van der Waals surface area contributed by atoms with Crippen LogP contribution in [-0.2, 0) is 20.7 Å². The lowest BCUT2D eigenvalue weighted by Gasteiger charge is -2.36. The monoisotopic (exact) mass is 470 g/mol. The first-order valence-electron chi connectivity index (χ1n) is 11.8. The maximum atomic E-state index is 12.9. The van der Waals surface area contributed by atoms with Crippen LogP contribution >= 0.6 is 0 Å². The van der Waals surface area contributed by atoms with E-state index in [4.69, 9.17) is 25.0 Å². The number of nitrogens with two attached hydrogens (primary N) is 1. The van der Waals surface area contributed by atoms with E-state index in [1.54, 1.807) is 4.90 Å². The number of benzene rings is 1. The number of hydrogen-bond acceptors (Lipinski definition) is 7. The second-order valence-electron chi connectivity index (χ2n) is 9.84. The van der Waals surface area contributed by atoms with Crippen LogP contribution in [0, 0.1) is 0 Å². The summed E-state index contributed by atoms with van der Waals surface area (Å²) in [6, 6.07) is 7.93. The smallest absolute Gasteiger partial charge is 0.410 e. The van der Waals surface area contributed by atoms with Gasteiger partial charge in [0.15, 0.2) is 6.61 Å². The van der Waals surface area contributed by atoms with E-state index in [1.807, 2.05) is 25.5 Å². The number of hydrogen-bond donors (Lipinski definition) is 1. The second-order valence-corrected chi connectivity index (χ2v) is 9.84. The Morgan fingerprint density at radius 3 is 2.44 bits per heavy atom. The predicted molar refractivity (Wildman–Crippen MR) is 126 cm³/mol. The van der Waals surface area contributed by atoms with Crippen molar-refractivity contribution in [3.8, 4) is 11.6 Å². The highest BCUT2D eigenvalue weighted by molar-refractivity contribution is 5.71. The molecule has 4 rings (SSSR count). The Morgan fingerprint density at radius 2 is 1.88 bits per heavy atom. The van der Waals surface area contributed by atoms with Crippen molar-refractivity contribution in [3.63, 3.8) is 0 Å². The van der Waals surface area contributed by atoms with Crippen LogP contribution in [0.1, 0.15) is 68.8 Å². The third kappa shape index (κ3) is 4.89. The number of rotatable bonds is 6. The number of carbonyl (C=O) groups is 2. The topological polar surface area (TPSA) is 109 Å². The van der Waals surface area contributed by atoms with Crippen molar-refractivity contribution in [1.82, 2.24) is 14.7 Å². The summed E-state index contributed by atoms with van der Waals surface area (Å²) in [5.74, 6) is 0.396. The Balaban J connectivity index is 1.70. The molecule has 1 unspecified atom stereocenters. The zero-order chi connectivity index (χ0) is 24.5. The highest BCUT2D eigenvalue weighted by Gasteiger charge is 2.38. The van der Waals surface area contributed by atoms with Crippen molar-refractivity contribution in [2.45, 2.75) is 64.0 Å². The maximum absolute atomic E-state index is 12.9. The number of methoxy groups -OCH3 is 1. The van der Waals surface area contributed by atoms with Gasteiger partial charge in [-0.25, -0.2) is 14.3 Å². The van der Waals surface area contributed by atoms with E-state index in [2.05, 4.69) is 24.3 Å². The fourth-order valence-corrected chi connectivity index (χ4v) is 4.48. The summed E-state index contributed by atoms with van der Waals surface area (Å²) in [4.78, 5) is 26.3. The highest BCUT2D eigenvalue weighted by Crippen LogP contribution is 2.39. The summed E-state index contributed by atoms with van der Waals surface area (Å²) in [6.07, 6.45) is 3.87. The van der Waals surface area contributed by atoms with Crippen LogP contribution in [0.2, 0.25) is 0 Å². The summed E-state index contributed by atoms with van der Waals surface area (Å²) in [5, 5.41) is 4.70. The Hall–Kier alpha value is -3.07. The van der Waals surface area contributed by atoms with Crippen molar-refractivity contribution in [3.05, 3.63) is 41.1 Å². The third-order valence-corrected chi connectivity index (χ3v) is 6.41. The van der Waals surface area contributed by atoms with Crippen LogP contribution in [0.15, 0.2) is 24.3 Å². The molecule has 0 spiro atoms. The van der Waals surface area contributed by atoms with Gasteiger partial charge in [0.1, 0.15) is 5.60 Å². The minimum Gasteiger partial charge on any atom is -0.466 e. The van der Waals surface area contributed by atoms with Crippen LogP contribution in [-0.4, -0.2) is 59.2 Å². The first-order valence-corrected chi connectivity index (χ1v) is 11.8. The number of carbonyl (C=O) groups excluding carboxylic acids is 2. The Labute approximate surface area is 200 Å².